The SMILES string of the molecule is CC(C)(C)[Si](OC1CCC(c2ccc(C#N)cc2)N(C(=O)OCc2ccccc2)C1)(c1ccccc1)c1ccccc1. The summed E-state index contributed by atoms with van der Waals surface area (Å²) in [6.45, 7) is 7.44. The number of hydrogen-bond donors (Lipinski definition) is 0. The van der Waals surface area contributed by atoms with Crippen LogP contribution in [0.2, 0.25) is 5.04 Å². The van der Waals surface area contributed by atoms with Gasteiger partial charge < -0.3 is 9.16 Å². The molecule has 1 aliphatic rings. The molecule has 0 bridgehead atoms. The third-order valence-corrected chi connectivity index (χ3v) is 13.3. The van der Waals surface area contributed by atoms with Crippen LogP contribution < -0.4 is 10.4 Å². The van der Waals surface area contributed by atoms with Crippen LogP contribution in [0.5, 0.6) is 0 Å². The lowest BCUT2D eigenvalue weighted by Crippen LogP contribution is -2.68. The number of hydrogen-bond acceptors (Lipinski definition) is 4. The second-order valence-electron chi connectivity index (χ2n) is 11.9. The van der Waals surface area contributed by atoms with Crippen LogP contribution in [-0.4, -0.2) is 32.0 Å². The molecule has 1 aliphatic heterocycles. The van der Waals surface area contributed by atoms with Gasteiger partial charge in [0, 0.05) is 6.54 Å². The molecule has 1 heterocycles. The van der Waals surface area contributed by atoms with E-state index in [9.17, 15) is 10.1 Å². The Balaban J connectivity index is 1.48. The number of carbonyl (C=O) groups is 1. The summed E-state index contributed by atoms with van der Waals surface area (Å²) in [7, 11) is -2.80. The van der Waals surface area contributed by atoms with Gasteiger partial charge >= 0.3 is 6.09 Å². The van der Waals surface area contributed by atoms with Gasteiger partial charge in [-0.25, -0.2) is 4.79 Å². The fourth-order valence-electron chi connectivity index (χ4n) is 6.11. The molecule has 4 aromatic carbocycles. The Morgan fingerprint density at radius 3 is 1.90 bits per heavy atom. The van der Waals surface area contributed by atoms with E-state index in [1.807, 2.05) is 71.6 Å². The van der Waals surface area contributed by atoms with Gasteiger partial charge in [0.2, 0.25) is 0 Å². The minimum Gasteiger partial charge on any atom is -0.445 e. The Morgan fingerprint density at radius 2 is 1.38 bits per heavy atom. The second-order valence-corrected chi connectivity index (χ2v) is 16.2. The van der Waals surface area contributed by atoms with E-state index in [1.54, 1.807) is 0 Å². The molecule has 5 nitrogen and oxygen atoms in total. The number of carbonyl (C=O) groups excluding carboxylic acids is 1. The lowest BCUT2D eigenvalue weighted by Gasteiger charge is -2.48. The molecule has 0 saturated carbocycles. The standard InChI is InChI=1S/C36H38N2O3Si/c1-36(2,3)42(32-15-9-5-10-16-32,33-17-11-6-12-18-33)41-31-23-24-34(30-21-19-28(25-37)20-22-30)38(26-31)35(39)40-27-29-13-7-4-8-14-29/h4-22,31,34H,23-24,26-27H2,1-3H3. The quantitative estimate of drug-likeness (QED) is 0.224. The maximum atomic E-state index is 13.7. The first-order chi connectivity index (χ1) is 20.3. The van der Waals surface area contributed by atoms with Crippen LogP contribution in [0.3, 0.4) is 0 Å². The molecule has 2 atom stereocenters. The van der Waals surface area contributed by atoms with Crippen molar-refractivity contribution in [1.82, 2.24) is 4.90 Å². The summed E-state index contributed by atoms with van der Waals surface area (Å²) in [6, 6.07) is 40.5. The van der Waals surface area contributed by atoms with E-state index in [0.717, 1.165) is 24.0 Å². The van der Waals surface area contributed by atoms with E-state index in [2.05, 4.69) is 75.4 Å². The molecule has 0 aliphatic carbocycles. The average molecular weight is 575 g/mol. The first kappa shape index (κ1) is 29.3. The van der Waals surface area contributed by atoms with Crippen molar-refractivity contribution in [3.05, 3.63) is 132 Å². The second kappa shape index (κ2) is 12.8. The summed E-state index contributed by atoms with van der Waals surface area (Å²) in [5.41, 5.74) is 2.54. The molecule has 1 fully saturated rings. The van der Waals surface area contributed by atoms with E-state index >= 15 is 0 Å². The molecular formula is C36H38N2O3Si. The van der Waals surface area contributed by atoms with Gasteiger partial charge in [-0.1, -0.05) is 124 Å². The Bertz CT molecular complexity index is 1460. The number of likely N-dealkylation sites (tertiary alicyclic amines) is 1. The third-order valence-electron chi connectivity index (χ3n) is 8.16. The number of benzene rings is 4. The molecule has 0 aromatic heterocycles. The predicted molar refractivity (Wildman–Crippen MR) is 169 cm³/mol. The molecule has 214 valence electrons. The number of nitrogens with zero attached hydrogens (tertiary/aromatic N) is 2. The maximum Gasteiger partial charge on any atom is 0.410 e. The lowest BCUT2D eigenvalue weighted by atomic mass is 9.94. The predicted octanol–water partition coefficient (Wildman–Crippen LogP) is 6.98. The molecule has 42 heavy (non-hydrogen) atoms. The normalized spacial score (nSPS) is 17.3. The van der Waals surface area contributed by atoms with Crippen molar-refractivity contribution in [2.45, 2.75) is 57.4 Å². The number of nitriles is 1. The van der Waals surface area contributed by atoms with E-state index in [0.29, 0.717) is 12.1 Å². The van der Waals surface area contributed by atoms with Crippen LogP contribution in [0, 0.1) is 11.3 Å². The van der Waals surface area contributed by atoms with Crippen molar-refractivity contribution in [2.75, 3.05) is 6.54 Å². The minimum atomic E-state index is -2.80. The smallest absolute Gasteiger partial charge is 0.410 e. The zero-order valence-corrected chi connectivity index (χ0v) is 25.6. The zero-order chi connectivity index (χ0) is 29.6. The largest absolute Gasteiger partial charge is 0.445 e. The molecule has 5 rings (SSSR count). The summed E-state index contributed by atoms with van der Waals surface area (Å²) in [6.07, 6.45) is 1.01. The minimum absolute atomic E-state index is 0.167. The Kier molecular flexibility index (Phi) is 8.91. The summed E-state index contributed by atoms with van der Waals surface area (Å²) in [5.74, 6) is 0. The van der Waals surface area contributed by atoms with E-state index < -0.39 is 8.32 Å². The number of piperidine rings is 1. The molecule has 0 radical (unpaired) electrons. The molecule has 0 spiro atoms. The summed E-state index contributed by atoms with van der Waals surface area (Å²) >= 11 is 0. The van der Waals surface area contributed by atoms with Gasteiger partial charge in [0.25, 0.3) is 8.32 Å². The topological polar surface area (TPSA) is 62.6 Å². The van der Waals surface area contributed by atoms with Crippen molar-refractivity contribution < 1.29 is 14.0 Å². The van der Waals surface area contributed by atoms with Gasteiger partial charge in [-0.3, -0.25) is 4.90 Å². The van der Waals surface area contributed by atoms with Crippen LogP contribution in [0.1, 0.15) is 56.3 Å². The molecule has 6 heteroatoms. The monoisotopic (exact) mass is 574 g/mol. The molecular weight excluding hydrogens is 536 g/mol. The Morgan fingerprint density at radius 1 is 0.833 bits per heavy atom. The maximum absolute atomic E-state index is 13.7. The highest BCUT2D eigenvalue weighted by atomic mass is 28.4. The highest BCUT2D eigenvalue weighted by Crippen LogP contribution is 2.40. The van der Waals surface area contributed by atoms with Gasteiger partial charge in [0.05, 0.1) is 23.8 Å². The molecule has 1 amide bonds. The van der Waals surface area contributed by atoms with Gasteiger partial charge in [-0.2, -0.15) is 5.26 Å². The van der Waals surface area contributed by atoms with Gasteiger partial charge in [0.15, 0.2) is 0 Å². The van der Waals surface area contributed by atoms with Crippen molar-refractivity contribution in [3.63, 3.8) is 0 Å². The fourth-order valence-corrected chi connectivity index (χ4v) is 10.8. The van der Waals surface area contributed by atoms with Crippen molar-refractivity contribution >= 4 is 24.8 Å². The highest BCUT2D eigenvalue weighted by molar-refractivity contribution is 6.99. The highest BCUT2D eigenvalue weighted by Gasteiger charge is 2.52. The van der Waals surface area contributed by atoms with E-state index in [4.69, 9.17) is 9.16 Å². The van der Waals surface area contributed by atoms with Crippen LogP contribution >= 0.6 is 0 Å². The van der Waals surface area contributed by atoms with Crippen LogP contribution in [-0.2, 0) is 15.8 Å². The lowest BCUT2D eigenvalue weighted by molar-refractivity contribution is 0.0256. The first-order valence-corrected chi connectivity index (χ1v) is 16.5. The Hall–Kier alpha value is -4.18. The summed E-state index contributed by atoms with van der Waals surface area (Å²) in [5, 5.41) is 11.6. The van der Waals surface area contributed by atoms with E-state index in [1.165, 1.54) is 10.4 Å². The first-order valence-electron chi connectivity index (χ1n) is 14.6. The van der Waals surface area contributed by atoms with Crippen LogP contribution in [0.25, 0.3) is 0 Å². The third kappa shape index (κ3) is 6.18. The van der Waals surface area contributed by atoms with Crippen LogP contribution in [0.4, 0.5) is 4.79 Å². The number of amides is 1. The molecule has 0 N–H and O–H groups in total. The van der Waals surface area contributed by atoms with Gasteiger partial charge in [-0.15, -0.1) is 0 Å². The van der Waals surface area contributed by atoms with Crippen LogP contribution in [0.15, 0.2) is 115 Å². The number of rotatable bonds is 7. The fraction of sp³-hybridized carbons (Fsp3) is 0.278. The van der Waals surface area contributed by atoms with Crippen molar-refractivity contribution in [3.8, 4) is 6.07 Å². The summed E-state index contributed by atoms with van der Waals surface area (Å²) in [4.78, 5) is 15.6. The average Bonchev–Trinajstić information content (AvgIpc) is 3.03. The van der Waals surface area contributed by atoms with Gasteiger partial charge in [-0.05, 0) is 51.5 Å². The van der Waals surface area contributed by atoms with E-state index in [-0.39, 0.29) is 29.9 Å². The number of ether oxygens (including phenoxy) is 1. The van der Waals surface area contributed by atoms with Gasteiger partial charge in [0.1, 0.15) is 6.61 Å². The van der Waals surface area contributed by atoms with Crippen molar-refractivity contribution in [1.29, 1.82) is 5.26 Å². The van der Waals surface area contributed by atoms with Crippen molar-refractivity contribution in [2.24, 2.45) is 0 Å². The molecule has 1 saturated heterocycles. The summed E-state index contributed by atoms with van der Waals surface area (Å²) < 4.78 is 13.3. The Labute approximate surface area is 250 Å². The molecule has 4 aromatic rings. The zero-order valence-electron chi connectivity index (χ0n) is 24.6. The molecule has 2 unspecified atom stereocenters.